The fourth-order valence-corrected chi connectivity index (χ4v) is 3.30. The average Bonchev–Trinajstić information content (AvgIpc) is 2.78. The molecule has 0 radical (unpaired) electrons. The molecule has 1 aromatic carbocycles. The van der Waals surface area contributed by atoms with Gasteiger partial charge in [0.05, 0.1) is 11.1 Å². The molecule has 2 aromatic rings. The summed E-state index contributed by atoms with van der Waals surface area (Å²) in [5.74, 6) is -0.314. The number of halogens is 3. The van der Waals surface area contributed by atoms with Crippen LogP contribution in [0.5, 0.6) is 0 Å². The van der Waals surface area contributed by atoms with Crippen molar-refractivity contribution < 1.29 is 4.39 Å². The third-order valence-corrected chi connectivity index (χ3v) is 4.44. The van der Waals surface area contributed by atoms with E-state index < -0.39 is 0 Å². The molecular weight excluding hydrogens is 304 g/mol. The molecular formula is C14H14Cl2FNS. The molecule has 0 bridgehead atoms. The van der Waals surface area contributed by atoms with E-state index in [9.17, 15) is 4.39 Å². The first-order chi connectivity index (χ1) is 9.13. The lowest BCUT2D eigenvalue weighted by atomic mass is 10.0. The molecule has 0 aliphatic heterocycles. The fourth-order valence-electron chi connectivity index (χ4n) is 1.88. The highest BCUT2D eigenvalue weighted by atomic mass is 35.5. The summed E-state index contributed by atoms with van der Waals surface area (Å²) in [6, 6.07) is 6.34. The van der Waals surface area contributed by atoms with E-state index in [0.29, 0.717) is 15.6 Å². The van der Waals surface area contributed by atoms with Crippen molar-refractivity contribution in [2.75, 3.05) is 6.54 Å². The molecule has 1 unspecified atom stereocenters. The molecule has 19 heavy (non-hydrogen) atoms. The van der Waals surface area contributed by atoms with E-state index in [-0.39, 0.29) is 11.9 Å². The second-order valence-electron chi connectivity index (χ2n) is 4.19. The molecule has 1 nitrogen and oxygen atoms in total. The lowest BCUT2D eigenvalue weighted by molar-refractivity contribution is 0.551. The Morgan fingerprint density at radius 3 is 2.68 bits per heavy atom. The highest BCUT2D eigenvalue weighted by Gasteiger charge is 2.21. The van der Waals surface area contributed by atoms with Crippen molar-refractivity contribution in [2.45, 2.75) is 19.4 Å². The molecule has 0 amide bonds. The molecule has 1 heterocycles. The van der Waals surface area contributed by atoms with Crippen molar-refractivity contribution in [1.82, 2.24) is 5.32 Å². The topological polar surface area (TPSA) is 12.0 Å². The number of hydrogen-bond donors (Lipinski definition) is 1. The molecule has 1 N–H and O–H groups in total. The number of hydrogen-bond acceptors (Lipinski definition) is 2. The van der Waals surface area contributed by atoms with Gasteiger partial charge in [-0.15, -0.1) is 11.3 Å². The molecule has 0 fully saturated rings. The Morgan fingerprint density at radius 1 is 1.32 bits per heavy atom. The van der Waals surface area contributed by atoms with Gasteiger partial charge < -0.3 is 5.32 Å². The maximum Gasteiger partial charge on any atom is 0.129 e. The molecule has 0 saturated carbocycles. The third-order valence-electron chi connectivity index (χ3n) is 2.78. The van der Waals surface area contributed by atoms with Crippen LogP contribution in [-0.2, 0) is 0 Å². The van der Waals surface area contributed by atoms with E-state index in [1.54, 1.807) is 12.1 Å². The van der Waals surface area contributed by atoms with Crippen molar-refractivity contribution >= 4 is 34.5 Å². The molecule has 0 saturated heterocycles. The predicted octanol–water partition coefficient (Wildman–Crippen LogP) is 5.28. The van der Waals surface area contributed by atoms with Gasteiger partial charge in [0.15, 0.2) is 0 Å². The maximum atomic E-state index is 14.1. The Balaban J connectivity index is 2.40. The lowest BCUT2D eigenvalue weighted by Gasteiger charge is -2.19. The zero-order valence-corrected chi connectivity index (χ0v) is 12.7. The van der Waals surface area contributed by atoms with Crippen molar-refractivity contribution in [1.29, 1.82) is 0 Å². The van der Waals surface area contributed by atoms with Gasteiger partial charge in [0.2, 0.25) is 0 Å². The smallest absolute Gasteiger partial charge is 0.129 e. The first-order valence-electron chi connectivity index (χ1n) is 6.04. The molecule has 102 valence electrons. The van der Waals surface area contributed by atoms with Crippen LogP contribution in [0, 0.1) is 5.82 Å². The van der Waals surface area contributed by atoms with Crippen molar-refractivity contribution in [3.63, 3.8) is 0 Å². The lowest BCUT2D eigenvalue weighted by Crippen LogP contribution is -2.23. The summed E-state index contributed by atoms with van der Waals surface area (Å²) in [6.45, 7) is 2.86. The van der Waals surface area contributed by atoms with Crippen LogP contribution in [0.4, 0.5) is 4.39 Å². The number of thiophene rings is 1. The van der Waals surface area contributed by atoms with E-state index >= 15 is 0 Å². The van der Waals surface area contributed by atoms with Crippen LogP contribution in [0.2, 0.25) is 10.0 Å². The summed E-state index contributed by atoms with van der Waals surface area (Å²) in [7, 11) is 0. The first-order valence-corrected chi connectivity index (χ1v) is 7.68. The molecule has 0 aliphatic rings. The summed E-state index contributed by atoms with van der Waals surface area (Å²) in [5.41, 5.74) is 0.571. The highest BCUT2D eigenvalue weighted by Crippen LogP contribution is 2.34. The Morgan fingerprint density at radius 2 is 2.11 bits per heavy atom. The molecule has 0 spiro atoms. The van der Waals surface area contributed by atoms with Gasteiger partial charge in [0.25, 0.3) is 0 Å². The van der Waals surface area contributed by atoms with Gasteiger partial charge in [-0.2, -0.15) is 0 Å². The van der Waals surface area contributed by atoms with Gasteiger partial charge in [-0.3, -0.25) is 0 Å². The minimum Gasteiger partial charge on any atom is -0.305 e. The Labute approximate surface area is 126 Å². The van der Waals surface area contributed by atoms with Crippen molar-refractivity contribution in [3.05, 3.63) is 55.9 Å². The molecule has 1 aromatic heterocycles. The number of benzene rings is 1. The van der Waals surface area contributed by atoms with E-state index in [1.807, 2.05) is 11.4 Å². The van der Waals surface area contributed by atoms with Crippen LogP contribution in [-0.4, -0.2) is 6.54 Å². The molecule has 1 atom stereocenters. The van der Waals surface area contributed by atoms with Gasteiger partial charge in [-0.05, 0) is 36.5 Å². The molecule has 5 heteroatoms. The zero-order valence-electron chi connectivity index (χ0n) is 10.4. The molecule has 0 aliphatic carbocycles. The second-order valence-corrected chi connectivity index (χ2v) is 5.98. The van der Waals surface area contributed by atoms with Gasteiger partial charge in [-0.25, -0.2) is 4.39 Å². The van der Waals surface area contributed by atoms with Crippen LogP contribution < -0.4 is 5.32 Å². The highest BCUT2D eigenvalue weighted by molar-refractivity contribution is 7.10. The number of nitrogens with one attached hydrogen (secondary N) is 1. The Kier molecular flexibility index (Phi) is 5.22. The van der Waals surface area contributed by atoms with Gasteiger partial charge in [-0.1, -0.05) is 36.2 Å². The van der Waals surface area contributed by atoms with E-state index in [4.69, 9.17) is 23.2 Å². The van der Waals surface area contributed by atoms with Crippen LogP contribution >= 0.6 is 34.5 Å². The summed E-state index contributed by atoms with van der Waals surface area (Å²) < 4.78 is 14.1. The Hall–Kier alpha value is -0.610. The summed E-state index contributed by atoms with van der Waals surface area (Å²) in [6.07, 6.45) is 0.967. The average molecular weight is 318 g/mol. The number of rotatable bonds is 5. The van der Waals surface area contributed by atoms with Crippen LogP contribution in [0.3, 0.4) is 0 Å². The summed E-state index contributed by atoms with van der Waals surface area (Å²) in [4.78, 5) is 0.927. The summed E-state index contributed by atoms with van der Waals surface area (Å²) >= 11 is 13.5. The van der Waals surface area contributed by atoms with Gasteiger partial charge >= 0.3 is 0 Å². The minimum absolute atomic E-state index is 0.232. The first kappa shape index (κ1) is 14.8. The third kappa shape index (κ3) is 3.48. The fraction of sp³-hybridized carbons (Fsp3) is 0.286. The van der Waals surface area contributed by atoms with E-state index in [0.717, 1.165) is 17.8 Å². The standard InChI is InChI=1S/C14H14Cl2FNS/c1-2-6-18-13(14-11(16)5-7-19-14)10-4-3-9(15)8-12(10)17/h3-5,7-8,13,18H,2,6H2,1H3. The van der Waals surface area contributed by atoms with E-state index in [2.05, 4.69) is 12.2 Å². The minimum atomic E-state index is -0.314. The van der Waals surface area contributed by atoms with Gasteiger partial charge in [0, 0.05) is 15.5 Å². The monoisotopic (exact) mass is 317 g/mol. The molecule has 2 rings (SSSR count). The van der Waals surface area contributed by atoms with Crippen LogP contribution in [0.1, 0.15) is 29.8 Å². The van der Waals surface area contributed by atoms with E-state index in [1.165, 1.54) is 17.4 Å². The summed E-state index contributed by atoms with van der Waals surface area (Å²) in [5, 5.41) is 6.30. The maximum absolute atomic E-state index is 14.1. The van der Waals surface area contributed by atoms with Crippen molar-refractivity contribution in [2.24, 2.45) is 0 Å². The Bertz CT molecular complexity index is 556. The van der Waals surface area contributed by atoms with Crippen molar-refractivity contribution in [3.8, 4) is 0 Å². The normalized spacial score (nSPS) is 12.6. The zero-order chi connectivity index (χ0) is 13.8. The predicted molar refractivity (Wildman–Crippen MR) is 80.9 cm³/mol. The largest absolute Gasteiger partial charge is 0.305 e. The van der Waals surface area contributed by atoms with Gasteiger partial charge in [0.1, 0.15) is 5.82 Å². The van der Waals surface area contributed by atoms with Crippen LogP contribution in [0.15, 0.2) is 29.6 Å². The second kappa shape index (κ2) is 6.71. The quantitative estimate of drug-likeness (QED) is 0.790. The van der Waals surface area contributed by atoms with Crippen LogP contribution in [0.25, 0.3) is 0 Å². The SMILES string of the molecule is CCCNC(c1ccc(Cl)cc1F)c1sccc1Cl.